The molecule has 150 valence electrons. The number of hydrogen-bond acceptors (Lipinski definition) is 5. The largest absolute Gasteiger partial charge is 0.354 e. The molecular weight excluding hydrogens is 400 g/mol. The van der Waals surface area contributed by atoms with Crippen LogP contribution in [0.2, 0.25) is 0 Å². The second kappa shape index (κ2) is 7.70. The topological polar surface area (TPSA) is 81.8 Å². The van der Waals surface area contributed by atoms with Gasteiger partial charge in [-0.15, -0.1) is 11.3 Å². The van der Waals surface area contributed by atoms with Gasteiger partial charge in [0.1, 0.15) is 17.2 Å². The number of carbonyl (C=O) groups excluding carboxylic acids is 1. The van der Waals surface area contributed by atoms with Crippen LogP contribution in [0.3, 0.4) is 0 Å². The van der Waals surface area contributed by atoms with Crippen LogP contribution >= 0.6 is 11.3 Å². The summed E-state index contributed by atoms with van der Waals surface area (Å²) in [6.07, 6.45) is 1.33. The van der Waals surface area contributed by atoms with Crippen molar-refractivity contribution in [1.82, 2.24) is 24.4 Å². The molecule has 0 fully saturated rings. The van der Waals surface area contributed by atoms with Crippen molar-refractivity contribution in [3.63, 3.8) is 0 Å². The molecule has 29 heavy (non-hydrogen) atoms. The van der Waals surface area contributed by atoms with Gasteiger partial charge in [-0.3, -0.25) is 18.7 Å². The Bertz CT molecular complexity index is 1250. The van der Waals surface area contributed by atoms with E-state index in [-0.39, 0.29) is 24.5 Å². The van der Waals surface area contributed by atoms with Crippen LogP contribution in [0.4, 0.5) is 8.78 Å². The Hall–Kier alpha value is -3.14. The number of thiophene rings is 1. The van der Waals surface area contributed by atoms with Crippen LogP contribution in [0.5, 0.6) is 0 Å². The van der Waals surface area contributed by atoms with Gasteiger partial charge in [-0.05, 0) is 23.6 Å². The van der Waals surface area contributed by atoms with E-state index in [1.807, 2.05) is 0 Å². The van der Waals surface area contributed by atoms with Crippen LogP contribution in [-0.2, 0) is 11.3 Å². The third-order valence-electron chi connectivity index (χ3n) is 4.63. The average Bonchev–Trinajstić information content (AvgIpc) is 3.33. The Morgan fingerprint density at radius 1 is 1.28 bits per heavy atom. The molecule has 0 aliphatic heterocycles. The number of alkyl halides is 2. The molecule has 4 aromatic rings. The van der Waals surface area contributed by atoms with Gasteiger partial charge in [0.05, 0.1) is 22.7 Å². The first-order chi connectivity index (χ1) is 14.0. The number of para-hydroxylation sites is 2. The molecule has 0 unspecified atom stereocenters. The van der Waals surface area contributed by atoms with Crippen LogP contribution in [0.15, 0.2) is 46.8 Å². The molecule has 0 aliphatic rings. The fourth-order valence-corrected chi connectivity index (χ4v) is 3.91. The summed E-state index contributed by atoms with van der Waals surface area (Å²) in [5.74, 6) is -0.662. The minimum absolute atomic E-state index is 0.109. The van der Waals surface area contributed by atoms with Crippen molar-refractivity contribution < 1.29 is 13.6 Å². The number of imidazole rings is 1. The van der Waals surface area contributed by atoms with Crippen LogP contribution < -0.4 is 10.9 Å². The Morgan fingerprint density at radius 3 is 2.86 bits per heavy atom. The Kier molecular flexibility index (Phi) is 5.10. The van der Waals surface area contributed by atoms with Gasteiger partial charge in [0, 0.05) is 12.5 Å². The number of halogens is 2. The van der Waals surface area contributed by atoms with Crippen molar-refractivity contribution in [2.45, 2.75) is 25.9 Å². The van der Waals surface area contributed by atoms with Crippen LogP contribution in [-0.4, -0.2) is 31.6 Å². The van der Waals surface area contributed by atoms with Crippen LogP contribution in [0.1, 0.15) is 25.2 Å². The number of rotatable bonds is 6. The summed E-state index contributed by atoms with van der Waals surface area (Å²) in [6, 6.07) is 8.33. The van der Waals surface area contributed by atoms with E-state index in [2.05, 4.69) is 15.3 Å². The van der Waals surface area contributed by atoms with Gasteiger partial charge in [-0.1, -0.05) is 19.1 Å². The highest BCUT2D eigenvalue weighted by atomic mass is 32.1. The maximum atomic E-state index is 13.6. The number of fused-ring (bicyclic) bond motifs is 2. The van der Waals surface area contributed by atoms with E-state index in [4.69, 9.17) is 0 Å². The van der Waals surface area contributed by atoms with Crippen LogP contribution in [0.25, 0.3) is 21.3 Å². The first-order valence-corrected chi connectivity index (χ1v) is 9.78. The Balaban J connectivity index is 1.48. The van der Waals surface area contributed by atoms with E-state index < -0.39 is 18.4 Å². The molecule has 7 nitrogen and oxygen atoms in total. The summed E-state index contributed by atoms with van der Waals surface area (Å²) in [5, 5.41) is 4.91. The summed E-state index contributed by atoms with van der Waals surface area (Å²) in [7, 11) is 0. The molecule has 0 aliphatic carbocycles. The van der Waals surface area contributed by atoms with Crippen molar-refractivity contribution >= 4 is 38.5 Å². The molecule has 1 amide bonds. The summed E-state index contributed by atoms with van der Waals surface area (Å²) < 4.78 is 29.3. The number of amides is 1. The fourth-order valence-electron chi connectivity index (χ4n) is 3.19. The van der Waals surface area contributed by atoms with E-state index in [9.17, 15) is 18.4 Å². The quantitative estimate of drug-likeness (QED) is 0.523. The van der Waals surface area contributed by atoms with Gasteiger partial charge in [0.2, 0.25) is 5.91 Å². The highest BCUT2D eigenvalue weighted by Crippen LogP contribution is 2.27. The van der Waals surface area contributed by atoms with Crippen molar-refractivity contribution in [2.24, 2.45) is 0 Å². The second-order valence-electron chi connectivity index (χ2n) is 6.63. The highest BCUT2D eigenvalue weighted by Gasteiger charge is 2.22. The predicted octanol–water partition coefficient (Wildman–Crippen LogP) is 3.12. The maximum Gasteiger partial charge on any atom is 0.320 e. The number of hydrogen-bond donors (Lipinski definition) is 1. The maximum absolute atomic E-state index is 13.6. The highest BCUT2D eigenvalue weighted by molar-refractivity contribution is 7.16. The minimum atomic E-state index is -2.74. The predicted molar refractivity (Wildman–Crippen MR) is 106 cm³/mol. The third kappa shape index (κ3) is 3.63. The molecule has 1 N–H and O–H groups in total. The van der Waals surface area contributed by atoms with E-state index in [0.717, 1.165) is 4.57 Å². The number of nitrogens with zero attached hydrogens (tertiary/aromatic N) is 4. The summed E-state index contributed by atoms with van der Waals surface area (Å²) >= 11 is 1.35. The third-order valence-corrected chi connectivity index (χ3v) is 5.45. The second-order valence-corrected chi connectivity index (χ2v) is 7.52. The molecule has 1 atom stereocenters. The molecule has 3 heterocycles. The van der Waals surface area contributed by atoms with Crippen molar-refractivity contribution in [1.29, 1.82) is 0 Å². The van der Waals surface area contributed by atoms with Gasteiger partial charge in [-0.2, -0.15) is 8.78 Å². The number of benzene rings is 1. The van der Waals surface area contributed by atoms with Gasteiger partial charge in [0.25, 0.3) is 5.56 Å². The molecule has 0 bridgehead atoms. The molecule has 0 spiro atoms. The lowest BCUT2D eigenvalue weighted by Crippen LogP contribution is -2.34. The Morgan fingerprint density at radius 2 is 2.07 bits per heavy atom. The van der Waals surface area contributed by atoms with Crippen molar-refractivity contribution in [2.75, 3.05) is 6.54 Å². The van der Waals surface area contributed by atoms with Crippen molar-refractivity contribution in [3.05, 3.63) is 58.2 Å². The Labute approximate surface area is 167 Å². The lowest BCUT2D eigenvalue weighted by molar-refractivity contribution is -0.121. The van der Waals surface area contributed by atoms with Gasteiger partial charge < -0.3 is 5.32 Å². The van der Waals surface area contributed by atoms with E-state index >= 15 is 0 Å². The zero-order valence-electron chi connectivity index (χ0n) is 15.4. The van der Waals surface area contributed by atoms with E-state index in [1.165, 1.54) is 22.2 Å². The van der Waals surface area contributed by atoms with Crippen LogP contribution in [0, 0.1) is 0 Å². The molecule has 4 rings (SSSR count). The van der Waals surface area contributed by atoms with E-state index in [0.29, 0.717) is 21.3 Å². The fraction of sp³-hybridized carbons (Fsp3) is 0.263. The standard InChI is InChI=1S/C19H17F2N5O2S/c1-11(16-24-13-4-2-3-5-14(13)26(16)19(20)21)8-22-15(27)9-25-10-23-17-12(18(25)28)6-7-29-17/h2-7,10-11,19H,8-9H2,1H3,(H,22,27)/t11-/m1/s1. The minimum Gasteiger partial charge on any atom is -0.354 e. The molecule has 0 saturated heterocycles. The van der Waals surface area contributed by atoms with Gasteiger partial charge in [0.15, 0.2) is 0 Å². The molecule has 10 heteroatoms. The lowest BCUT2D eigenvalue weighted by Gasteiger charge is -2.15. The lowest BCUT2D eigenvalue weighted by atomic mass is 10.1. The monoisotopic (exact) mass is 417 g/mol. The smallest absolute Gasteiger partial charge is 0.320 e. The van der Waals surface area contributed by atoms with E-state index in [1.54, 1.807) is 42.6 Å². The zero-order chi connectivity index (χ0) is 20.5. The van der Waals surface area contributed by atoms with Gasteiger partial charge >= 0.3 is 6.55 Å². The summed E-state index contributed by atoms with van der Waals surface area (Å²) in [5.41, 5.74) is 0.527. The molecule has 0 radical (unpaired) electrons. The first-order valence-electron chi connectivity index (χ1n) is 8.90. The summed E-state index contributed by atoms with van der Waals surface area (Å²) in [4.78, 5) is 33.7. The molecule has 3 aromatic heterocycles. The number of aromatic nitrogens is 4. The average molecular weight is 417 g/mol. The summed E-state index contributed by atoms with van der Waals surface area (Å²) in [6.45, 7) is -1.11. The zero-order valence-corrected chi connectivity index (χ0v) is 16.2. The molecule has 1 aromatic carbocycles. The SMILES string of the molecule is C[C@H](CNC(=O)Cn1cnc2sccc2c1=O)c1nc2ccccc2n1C(F)F. The molecule has 0 saturated carbocycles. The van der Waals surface area contributed by atoms with Crippen molar-refractivity contribution in [3.8, 4) is 0 Å². The normalized spacial score (nSPS) is 12.7. The first kappa shape index (κ1) is 19.2. The van der Waals surface area contributed by atoms with Gasteiger partial charge in [-0.25, -0.2) is 9.97 Å². The molecular formula is C19H17F2N5O2S. The number of carbonyl (C=O) groups is 1. The number of nitrogens with one attached hydrogen (secondary N) is 1.